The third-order valence-electron chi connectivity index (χ3n) is 1.66. The van der Waals surface area contributed by atoms with Gasteiger partial charge < -0.3 is 14.5 Å². The summed E-state index contributed by atoms with van der Waals surface area (Å²) in [4.78, 5) is 21.3. The van der Waals surface area contributed by atoms with E-state index in [9.17, 15) is 4.57 Å². The van der Waals surface area contributed by atoms with Gasteiger partial charge in [-0.05, 0) is 31.5 Å². The van der Waals surface area contributed by atoms with Gasteiger partial charge in [0.15, 0.2) is 0 Å². The molecule has 0 radical (unpaired) electrons. The fourth-order valence-corrected chi connectivity index (χ4v) is 1.60. The topological polar surface area (TPSA) is 79.7 Å². The molecule has 1 aromatic heterocycles. The summed E-state index contributed by atoms with van der Waals surface area (Å²) >= 11 is 0. The summed E-state index contributed by atoms with van der Waals surface area (Å²) in [6, 6.07) is 3.75. The smallest absolute Gasteiger partial charge is 0.350 e. The van der Waals surface area contributed by atoms with Crippen molar-refractivity contribution in [1.29, 1.82) is 0 Å². The molecule has 5 nitrogen and oxygen atoms in total. The second kappa shape index (κ2) is 4.86. The van der Waals surface area contributed by atoms with Gasteiger partial charge in [-0.25, -0.2) is 0 Å². The highest BCUT2D eigenvalue weighted by Gasteiger charge is 2.12. The molecule has 0 saturated heterocycles. The Labute approximate surface area is 88.3 Å². The maximum absolute atomic E-state index is 10.5. The van der Waals surface area contributed by atoms with Crippen LogP contribution in [0.4, 0.5) is 0 Å². The van der Waals surface area contributed by atoms with Crippen molar-refractivity contribution in [1.82, 2.24) is 4.98 Å². The van der Waals surface area contributed by atoms with Gasteiger partial charge in [0.2, 0.25) is 0 Å². The number of aromatic nitrogens is 1. The maximum atomic E-state index is 10.5. The third-order valence-corrected chi connectivity index (χ3v) is 2.18. The zero-order valence-electron chi connectivity index (χ0n) is 8.67. The first-order chi connectivity index (χ1) is 6.87. The summed E-state index contributed by atoms with van der Waals surface area (Å²) in [6.45, 7) is 3.91. The fourth-order valence-electron chi connectivity index (χ4n) is 1.27. The van der Waals surface area contributed by atoms with Gasteiger partial charge in [0, 0.05) is 5.69 Å². The second-order valence-corrected chi connectivity index (χ2v) is 5.01. The first-order valence-corrected chi connectivity index (χ1v) is 6.23. The summed E-state index contributed by atoms with van der Waals surface area (Å²) in [6.07, 6.45) is -0.568. The van der Waals surface area contributed by atoms with Crippen LogP contribution in [0.1, 0.15) is 17.0 Å². The minimum absolute atomic E-state index is 0.119. The van der Waals surface area contributed by atoms with Crippen LogP contribution in [0, 0.1) is 13.8 Å². The average Bonchev–Trinajstić information content (AvgIpc) is 1.99. The van der Waals surface area contributed by atoms with E-state index in [4.69, 9.17) is 14.5 Å². The van der Waals surface area contributed by atoms with E-state index in [-0.39, 0.29) is 6.61 Å². The molecule has 1 aromatic rings. The van der Waals surface area contributed by atoms with Crippen molar-refractivity contribution in [2.24, 2.45) is 0 Å². The molecule has 0 unspecified atom stereocenters. The average molecular weight is 231 g/mol. The fraction of sp³-hybridized carbons (Fsp3) is 0.444. The summed E-state index contributed by atoms with van der Waals surface area (Å²) < 4.78 is 15.4. The Morgan fingerprint density at radius 1 is 1.40 bits per heavy atom. The van der Waals surface area contributed by atoms with E-state index < -0.39 is 13.9 Å². The van der Waals surface area contributed by atoms with Crippen LogP contribution in [0.25, 0.3) is 0 Å². The lowest BCUT2D eigenvalue weighted by Crippen LogP contribution is -1.99. The molecule has 0 saturated carbocycles. The molecule has 2 N–H and O–H groups in total. The van der Waals surface area contributed by atoms with Crippen LogP contribution in [0.2, 0.25) is 0 Å². The van der Waals surface area contributed by atoms with Gasteiger partial charge in [-0.1, -0.05) is 0 Å². The summed E-state index contributed by atoms with van der Waals surface area (Å²) in [5, 5.41) is 0. The molecule has 84 valence electrons. The molecule has 0 bridgehead atoms. The van der Waals surface area contributed by atoms with E-state index in [0.29, 0.717) is 5.69 Å². The number of nitrogens with zero attached hydrogens (tertiary/aromatic N) is 1. The number of rotatable bonds is 4. The third kappa shape index (κ3) is 5.04. The molecule has 0 aliphatic rings. The Kier molecular flexibility index (Phi) is 3.99. The summed E-state index contributed by atoms with van der Waals surface area (Å²) in [5.41, 5.74) is 2.60. The molecule has 0 aromatic carbocycles. The van der Waals surface area contributed by atoms with Gasteiger partial charge >= 0.3 is 7.60 Å². The number of hydrogen-bond donors (Lipinski definition) is 2. The van der Waals surface area contributed by atoms with Crippen molar-refractivity contribution < 1.29 is 19.1 Å². The summed E-state index contributed by atoms with van der Waals surface area (Å²) in [5.74, 6) is 0. The Balaban J connectivity index is 2.54. The van der Waals surface area contributed by atoms with Crippen LogP contribution in [0.15, 0.2) is 12.1 Å². The standard InChI is InChI=1S/C9H14NO4P/c1-7-3-8(2)10-9(4-7)5-14-6-15(11,12)13/h3-4H,5-6H2,1-2H3,(H2,11,12,13). The van der Waals surface area contributed by atoms with Gasteiger partial charge in [0.1, 0.15) is 6.35 Å². The quantitative estimate of drug-likeness (QED) is 0.764. The Hall–Kier alpha value is -0.740. The van der Waals surface area contributed by atoms with E-state index in [0.717, 1.165) is 11.3 Å². The molecule has 0 aliphatic carbocycles. The van der Waals surface area contributed by atoms with Crippen molar-refractivity contribution in [3.05, 3.63) is 29.1 Å². The van der Waals surface area contributed by atoms with Crippen molar-refractivity contribution >= 4 is 7.60 Å². The minimum atomic E-state index is -4.08. The maximum Gasteiger partial charge on any atom is 0.350 e. The molecular formula is C9H14NO4P. The first-order valence-electron chi connectivity index (χ1n) is 4.43. The second-order valence-electron chi connectivity index (χ2n) is 3.42. The molecule has 0 fully saturated rings. The van der Waals surface area contributed by atoms with Gasteiger partial charge in [-0.2, -0.15) is 0 Å². The molecular weight excluding hydrogens is 217 g/mol. The highest BCUT2D eigenvalue weighted by atomic mass is 31.2. The SMILES string of the molecule is Cc1cc(C)nc(COCP(=O)(O)O)c1. The van der Waals surface area contributed by atoms with Crippen molar-refractivity contribution in [3.8, 4) is 0 Å². The summed E-state index contributed by atoms with van der Waals surface area (Å²) in [7, 11) is -4.08. The van der Waals surface area contributed by atoms with Crippen LogP contribution in [-0.4, -0.2) is 21.1 Å². The molecule has 0 aliphatic heterocycles. The van der Waals surface area contributed by atoms with Gasteiger partial charge in [0.25, 0.3) is 0 Å². The lowest BCUT2D eigenvalue weighted by atomic mass is 10.2. The van der Waals surface area contributed by atoms with Crippen LogP contribution in [-0.2, 0) is 15.9 Å². The van der Waals surface area contributed by atoms with Crippen LogP contribution in [0.5, 0.6) is 0 Å². The Morgan fingerprint density at radius 2 is 2.07 bits per heavy atom. The van der Waals surface area contributed by atoms with Gasteiger partial charge in [-0.3, -0.25) is 9.55 Å². The molecule has 0 atom stereocenters. The monoisotopic (exact) mass is 231 g/mol. The van der Waals surface area contributed by atoms with E-state index in [1.165, 1.54) is 0 Å². The normalized spacial score (nSPS) is 11.7. The molecule has 0 amide bonds. The molecule has 1 heterocycles. The van der Waals surface area contributed by atoms with Gasteiger partial charge in [0.05, 0.1) is 12.3 Å². The molecule has 6 heteroatoms. The Morgan fingerprint density at radius 3 is 2.60 bits per heavy atom. The van der Waals surface area contributed by atoms with E-state index >= 15 is 0 Å². The highest BCUT2D eigenvalue weighted by Crippen LogP contribution is 2.34. The highest BCUT2D eigenvalue weighted by molar-refractivity contribution is 7.51. The zero-order chi connectivity index (χ0) is 11.5. The first kappa shape index (κ1) is 12.3. The van der Waals surface area contributed by atoms with E-state index in [1.807, 2.05) is 26.0 Å². The minimum Gasteiger partial charge on any atom is -0.363 e. The number of ether oxygens (including phenoxy) is 1. The largest absolute Gasteiger partial charge is 0.363 e. The Bertz CT molecular complexity index is 367. The van der Waals surface area contributed by atoms with Crippen LogP contribution >= 0.6 is 7.60 Å². The number of aryl methyl sites for hydroxylation is 2. The predicted molar refractivity (Wildman–Crippen MR) is 55.4 cm³/mol. The molecule has 0 spiro atoms. The van der Waals surface area contributed by atoms with Crippen LogP contribution in [0.3, 0.4) is 0 Å². The lowest BCUT2D eigenvalue weighted by Gasteiger charge is -2.06. The van der Waals surface area contributed by atoms with Crippen molar-refractivity contribution in [2.75, 3.05) is 6.35 Å². The van der Waals surface area contributed by atoms with Gasteiger partial charge in [-0.15, -0.1) is 0 Å². The molecule has 1 rings (SSSR count). The van der Waals surface area contributed by atoms with Crippen LogP contribution < -0.4 is 0 Å². The molecule has 15 heavy (non-hydrogen) atoms. The zero-order valence-corrected chi connectivity index (χ0v) is 9.57. The van der Waals surface area contributed by atoms with Crippen molar-refractivity contribution in [3.63, 3.8) is 0 Å². The van der Waals surface area contributed by atoms with Crippen molar-refractivity contribution in [2.45, 2.75) is 20.5 Å². The van der Waals surface area contributed by atoms with E-state index in [2.05, 4.69) is 4.98 Å². The predicted octanol–water partition coefficient (Wildman–Crippen LogP) is 1.35. The van der Waals surface area contributed by atoms with E-state index in [1.54, 1.807) is 0 Å². The number of pyridine rings is 1. The number of hydrogen-bond acceptors (Lipinski definition) is 3. The lowest BCUT2D eigenvalue weighted by molar-refractivity contribution is 0.142.